The maximum Gasteiger partial charge on any atom is 0.255 e. The van der Waals surface area contributed by atoms with Crippen molar-refractivity contribution in [3.8, 4) is 23.0 Å². The van der Waals surface area contributed by atoms with Gasteiger partial charge in [-0.15, -0.1) is 0 Å². The van der Waals surface area contributed by atoms with E-state index in [-0.39, 0.29) is 5.91 Å². The van der Waals surface area contributed by atoms with Crippen LogP contribution in [0.3, 0.4) is 0 Å². The van der Waals surface area contributed by atoms with Gasteiger partial charge in [0.2, 0.25) is 5.95 Å². The number of amides is 1. The van der Waals surface area contributed by atoms with Crippen molar-refractivity contribution >= 4 is 29.1 Å². The Labute approximate surface area is 201 Å². The number of halogens is 1. The van der Waals surface area contributed by atoms with Crippen molar-refractivity contribution in [3.05, 3.63) is 58.5 Å². The summed E-state index contributed by atoms with van der Waals surface area (Å²) in [6.07, 6.45) is 1.42. The third-order valence-corrected chi connectivity index (χ3v) is 5.79. The largest absolute Gasteiger partial charge is 0.497 e. The van der Waals surface area contributed by atoms with Crippen LogP contribution in [0.4, 0.5) is 11.6 Å². The molecule has 0 saturated heterocycles. The SMILES string of the molecule is COc1ccc(OC)c(C2C(C(=O)Nc3cc(OC)c(Cl)cc3OC)=C(C)Nc3ncnn32)c1. The van der Waals surface area contributed by atoms with Crippen LogP contribution in [-0.4, -0.2) is 49.1 Å². The number of ether oxygens (including phenoxy) is 4. The zero-order valence-electron chi connectivity index (χ0n) is 19.3. The molecule has 2 N–H and O–H groups in total. The molecule has 0 saturated carbocycles. The van der Waals surface area contributed by atoms with Crippen LogP contribution in [0.25, 0.3) is 0 Å². The van der Waals surface area contributed by atoms with Crippen LogP contribution in [0, 0.1) is 0 Å². The van der Waals surface area contributed by atoms with Gasteiger partial charge in [-0.05, 0) is 25.1 Å². The van der Waals surface area contributed by atoms with Crippen molar-refractivity contribution in [1.29, 1.82) is 0 Å². The second kappa shape index (κ2) is 9.52. The fourth-order valence-electron chi connectivity index (χ4n) is 3.87. The van der Waals surface area contributed by atoms with Crippen molar-refractivity contribution in [1.82, 2.24) is 14.8 Å². The lowest BCUT2D eigenvalue weighted by Gasteiger charge is -2.30. The molecule has 34 heavy (non-hydrogen) atoms. The Hall–Kier alpha value is -3.92. The Morgan fingerprint density at radius 2 is 1.76 bits per heavy atom. The van der Waals surface area contributed by atoms with E-state index in [0.29, 0.717) is 56.5 Å². The zero-order chi connectivity index (χ0) is 24.4. The Morgan fingerprint density at radius 1 is 1.03 bits per heavy atom. The van der Waals surface area contributed by atoms with Crippen LogP contribution < -0.4 is 29.6 Å². The standard InChI is InChI=1S/C23H24ClN5O5/c1-12-20(22(30)28-16-10-18(33-4)15(24)9-19(16)34-5)21(29-23(27-12)25-11-26-29)14-8-13(31-2)6-7-17(14)32-3/h6-11,21H,1-5H3,(H,28,30)(H,25,26,27). The number of benzene rings is 2. The molecule has 2 heterocycles. The number of carbonyl (C=O) groups excluding carboxylic acids is 1. The Bertz CT molecular complexity index is 1270. The number of nitrogens with one attached hydrogen (secondary N) is 2. The summed E-state index contributed by atoms with van der Waals surface area (Å²) in [5.41, 5.74) is 2.09. The van der Waals surface area contributed by atoms with E-state index in [4.69, 9.17) is 30.5 Å². The van der Waals surface area contributed by atoms with Crippen molar-refractivity contribution < 1.29 is 23.7 Å². The Kier molecular flexibility index (Phi) is 6.51. The number of nitrogens with zero attached hydrogens (tertiary/aromatic N) is 3. The van der Waals surface area contributed by atoms with Gasteiger partial charge in [0.25, 0.3) is 5.91 Å². The van der Waals surface area contributed by atoms with Gasteiger partial charge in [-0.25, -0.2) is 4.68 Å². The summed E-state index contributed by atoms with van der Waals surface area (Å²) >= 11 is 6.22. The Balaban J connectivity index is 1.83. The molecule has 1 aliphatic heterocycles. The molecule has 1 atom stereocenters. The quantitative estimate of drug-likeness (QED) is 0.518. The molecule has 2 aromatic carbocycles. The number of hydrogen-bond acceptors (Lipinski definition) is 8. The van der Waals surface area contributed by atoms with E-state index in [1.807, 2.05) is 6.07 Å². The fourth-order valence-corrected chi connectivity index (χ4v) is 4.10. The molecule has 4 rings (SSSR count). The second-order valence-electron chi connectivity index (χ2n) is 7.34. The first-order valence-electron chi connectivity index (χ1n) is 10.2. The first kappa shape index (κ1) is 23.2. The highest BCUT2D eigenvalue weighted by Gasteiger charge is 2.35. The number of carbonyl (C=O) groups is 1. The van der Waals surface area contributed by atoms with Crippen molar-refractivity contribution in [2.24, 2.45) is 0 Å². The van der Waals surface area contributed by atoms with E-state index in [2.05, 4.69) is 20.7 Å². The summed E-state index contributed by atoms with van der Waals surface area (Å²) in [6.45, 7) is 1.80. The lowest BCUT2D eigenvalue weighted by molar-refractivity contribution is -0.113. The van der Waals surface area contributed by atoms with Gasteiger partial charge in [0.1, 0.15) is 35.4 Å². The van der Waals surface area contributed by atoms with Gasteiger partial charge in [-0.2, -0.15) is 10.1 Å². The van der Waals surface area contributed by atoms with E-state index in [9.17, 15) is 4.79 Å². The highest BCUT2D eigenvalue weighted by Crippen LogP contribution is 2.42. The van der Waals surface area contributed by atoms with E-state index in [1.54, 1.807) is 50.1 Å². The maximum atomic E-state index is 13.7. The number of rotatable bonds is 7. The second-order valence-corrected chi connectivity index (χ2v) is 7.75. The molecule has 10 nitrogen and oxygen atoms in total. The molecule has 1 aliphatic rings. The summed E-state index contributed by atoms with van der Waals surface area (Å²) in [5.74, 6) is 2.07. The van der Waals surface area contributed by atoms with Gasteiger partial charge in [0, 0.05) is 23.4 Å². The predicted octanol–water partition coefficient (Wildman–Crippen LogP) is 3.89. The molecular formula is C23H24ClN5O5. The summed E-state index contributed by atoms with van der Waals surface area (Å²) in [5, 5.41) is 10.8. The van der Waals surface area contributed by atoms with Gasteiger partial charge in [0.05, 0.1) is 44.7 Å². The molecule has 3 aromatic rings. The molecule has 0 radical (unpaired) electrons. The average Bonchev–Trinajstić information content (AvgIpc) is 3.31. The molecule has 1 aromatic heterocycles. The molecule has 1 amide bonds. The van der Waals surface area contributed by atoms with Crippen molar-refractivity contribution in [2.45, 2.75) is 13.0 Å². The maximum absolute atomic E-state index is 13.7. The molecule has 11 heteroatoms. The van der Waals surface area contributed by atoms with Gasteiger partial charge in [-0.3, -0.25) is 4.79 Å². The van der Waals surface area contributed by atoms with Crippen LogP contribution in [-0.2, 0) is 4.79 Å². The average molecular weight is 486 g/mol. The molecule has 0 fully saturated rings. The number of allylic oxidation sites excluding steroid dienone is 1. The van der Waals surface area contributed by atoms with Crippen LogP contribution in [0.1, 0.15) is 18.5 Å². The summed E-state index contributed by atoms with van der Waals surface area (Å²) < 4.78 is 23.4. The summed E-state index contributed by atoms with van der Waals surface area (Å²) in [4.78, 5) is 18.0. The van der Waals surface area contributed by atoms with Crippen LogP contribution in [0.15, 0.2) is 47.9 Å². The molecule has 0 bridgehead atoms. The smallest absolute Gasteiger partial charge is 0.255 e. The van der Waals surface area contributed by atoms with Crippen LogP contribution in [0.5, 0.6) is 23.0 Å². The molecule has 0 spiro atoms. The monoisotopic (exact) mass is 485 g/mol. The molecular weight excluding hydrogens is 462 g/mol. The van der Waals surface area contributed by atoms with Crippen molar-refractivity contribution in [2.75, 3.05) is 39.1 Å². The number of hydrogen-bond donors (Lipinski definition) is 2. The normalized spacial score (nSPS) is 14.7. The van der Waals surface area contributed by atoms with E-state index in [1.165, 1.54) is 20.5 Å². The third kappa shape index (κ3) is 4.08. The van der Waals surface area contributed by atoms with Gasteiger partial charge < -0.3 is 29.6 Å². The van der Waals surface area contributed by atoms with Gasteiger partial charge in [-0.1, -0.05) is 11.6 Å². The topological polar surface area (TPSA) is 109 Å². The van der Waals surface area contributed by atoms with E-state index < -0.39 is 6.04 Å². The van der Waals surface area contributed by atoms with Gasteiger partial charge in [0.15, 0.2) is 0 Å². The molecule has 1 unspecified atom stereocenters. The van der Waals surface area contributed by atoms with Crippen molar-refractivity contribution in [3.63, 3.8) is 0 Å². The number of methoxy groups -OCH3 is 4. The molecule has 178 valence electrons. The highest BCUT2D eigenvalue weighted by molar-refractivity contribution is 6.32. The van der Waals surface area contributed by atoms with Crippen LogP contribution in [0.2, 0.25) is 5.02 Å². The lowest BCUT2D eigenvalue weighted by Crippen LogP contribution is -2.31. The molecule has 0 aliphatic carbocycles. The minimum Gasteiger partial charge on any atom is -0.497 e. The van der Waals surface area contributed by atoms with Gasteiger partial charge >= 0.3 is 0 Å². The first-order chi connectivity index (χ1) is 16.4. The zero-order valence-corrected chi connectivity index (χ0v) is 20.1. The third-order valence-electron chi connectivity index (χ3n) is 5.49. The minimum atomic E-state index is -0.649. The Morgan fingerprint density at radius 3 is 2.44 bits per heavy atom. The fraction of sp³-hybridized carbons (Fsp3) is 0.261. The van der Waals surface area contributed by atoms with E-state index in [0.717, 1.165) is 0 Å². The minimum absolute atomic E-state index is 0.360. The number of anilines is 2. The number of aromatic nitrogens is 3. The summed E-state index contributed by atoms with van der Waals surface area (Å²) in [6, 6.07) is 7.91. The van der Waals surface area contributed by atoms with E-state index >= 15 is 0 Å². The first-order valence-corrected chi connectivity index (χ1v) is 10.6. The summed E-state index contributed by atoms with van der Waals surface area (Å²) in [7, 11) is 6.13. The predicted molar refractivity (Wildman–Crippen MR) is 127 cm³/mol. The van der Waals surface area contributed by atoms with Crippen LogP contribution >= 0.6 is 11.6 Å². The lowest BCUT2D eigenvalue weighted by atomic mass is 9.94. The number of fused-ring (bicyclic) bond motifs is 1. The highest BCUT2D eigenvalue weighted by atomic mass is 35.5.